The Hall–Kier alpha value is -1.55. The van der Waals surface area contributed by atoms with Gasteiger partial charge >= 0.3 is 5.97 Å². The SMILES string of the molecule is CCCCCCOC(=O)CCCCCNCc1ccccc1N. The zero-order valence-electron chi connectivity index (χ0n) is 14.5. The van der Waals surface area contributed by atoms with Gasteiger partial charge in [0.25, 0.3) is 0 Å². The lowest BCUT2D eigenvalue weighted by molar-refractivity contribution is -0.143. The van der Waals surface area contributed by atoms with E-state index in [9.17, 15) is 4.79 Å². The molecule has 0 aliphatic carbocycles. The first-order valence-corrected chi connectivity index (χ1v) is 8.93. The monoisotopic (exact) mass is 320 g/mol. The predicted molar refractivity (Wildman–Crippen MR) is 96.1 cm³/mol. The number of para-hydroxylation sites is 1. The van der Waals surface area contributed by atoms with Crippen molar-refractivity contribution in [2.24, 2.45) is 0 Å². The number of rotatable bonds is 13. The number of carbonyl (C=O) groups excluding carboxylic acids is 1. The number of nitrogens with two attached hydrogens (primary N) is 1. The average Bonchev–Trinajstić information content (AvgIpc) is 2.55. The molecule has 0 bridgehead atoms. The van der Waals surface area contributed by atoms with E-state index in [1.54, 1.807) is 0 Å². The summed E-state index contributed by atoms with van der Waals surface area (Å²) in [4.78, 5) is 11.5. The normalized spacial score (nSPS) is 10.7. The number of carbonyl (C=O) groups is 1. The van der Waals surface area contributed by atoms with Crippen LogP contribution < -0.4 is 11.1 Å². The smallest absolute Gasteiger partial charge is 0.305 e. The third kappa shape index (κ3) is 9.95. The summed E-state index contributed by atoms with van der Waals surface area (Å²) < 4.78 is 5.22. The van der Waals surface area contributed by atoms with Gasteiger partial charge in [-0.25, -0.2) is 0 Å². The second kappa shape index (κ2) is 12.9. The van der Waals surface area contributed by atoms with Crippen LogP contribution in [0.4, 0.5) is 5.69 Å². The number of ether oxygens (including phenoxy) is 1. The summed E-state index contributed by atoms with van der Waals surface area (Å²) >= 11 is 0. The van der Waals surface area contributed by atoms with Gasteiger partial charge in [-0.3, -0.25) is 4.79 Å². The van der Waals surface area contributed by atoms with Crippen LogP contribution in [0.15, 0.2) is 24.3 Å². The number of benzene rings is 1. The van der Waals surface area contributed by atoms with Crippen molar-refractivity contribution in [2.75, 3.05) is 18.9 Å². The lowest BCUT2D eigenvalue weighted by Crippen LogP contribution is -2.15. The molecule has 0 amide bonds. The van der Waals surface area contributed by atoms with Crippen LogP contribution in [0.3, 0.4) is 0 Å². The molecule has 130 valence electrons. The molecule has 4 nitrogen and oxygen atoms in total. The molecular formula is C19H32N2O2. The lowest BCUT2D eigenvalue weighted by Gasteiger charge is -2.07. The van der Waals surface area contributed by atoms with Crippen LogP contribution in [-0.4, -0.2) is 19.1 Å². The summed E-state index contributed by atoms with van der Waals surface area (Å²) in [6, 6.07) is 7.91. The summed E-state index contributed by atoms with van der Waals surface area (Å²) in [6.07, 6.45) is 8.13. The van der Waals surface area contributed by atoms with Crippen molar-refractivity contribution >= 4 is 11.7 Å². The van der Waals surface area contributed by atoms with Gasteiger partial charge in [0.2, 0.25) is 0 Å². The molecule has 0 aromatic heterocycles. The highest BCUT2D eigenvalue weighted by atomic mass is 16.5. The van der Waals surface area contributed by atoms with E-state index in [0.717, 1.165) is 56.4 Å². The molecule has 0 aliphatic heterocycles. The molecule has 0 unspecified atom stereocenters. The average molecular weight is 320 g/mol. The fraction of sp³-hybridized carbons (Fsp3) is 0.632. The van der Waals surface area contributed by atoms with Crippen molar-refractivity contribution in [3.63, 3.8) is 0 Å². The molecule has 1 rings (SSSR count). The Bertz CT molecular complexity index is 435. The molecule has 0 radical (unpaired) electrons. The zero-order chi connectivity index (χ0) is 16.8. The highest BCUT2D eigenvalue weighted by molar-refractivity contribution is 5.69. The van der Waals surface area contributed by atoms with Crippen molar-refractivity contribution < 1.29 is 9.53 Å². The fourth-order valence-corrected chi connectivity index (χ4v) is 2.40. The summed E-state index contributed by atoms with van der Waals surface area (Å²) in [5.41, 5.74) is 7.86. The van der Waals surface area contributed by atoms with Crippen molar-refractivity contribution in [1.29, 1.82) is 0 Å². The second-order valence-corrected chi connectivity index (χ2v) is 5.97. The first kappa shape index (κ1) is 19.5. The maximum Gasteiger partial charge on any atom is 0.305 e. The molecule has 0 fully saturated rings. The van der Waals surface area contributed by atoms with E-state index in [2.05, 4.69) is 12.2 Å². The topological polar surface area (TPSA) is 64.3 Å². The Balaban J connectivity index is 1.91. The van der Waals surface area contributed by atoms with Gasteiger partial charge in [0.1, 0.15) is 0 Å². The molecule has 0 aliphatic rings. The van der Waals surface area contributed by atoms with Gasteiger partial charge in [-0.1, -0.05) is 50.8 Å². The standard InChI is InChI=1S/C19H32N2O2/c1-2-3-4-10-15-23-19(22)13-6-5-9-14-21-16-17-11-7-8-12-18(17)20/h7-8,11-12,21H,2-6,9-10,13-16,20H2,1H3. The van der Waals surface area contributed by atoms with Crippen LogP contribution in [0.2, 0.25) is 0 Å². The molecule has 0 heterocycles. The van der Waals surface area contributed by atoms with Crippen LogP contribution in [0.5, 0.6) is 0 Å². The van der Waals surface area contributed by atoms with Gasteiger partial charge in [0, 0.05) is 18.7 Å². The van der Waals surface area contributed by atoms with E-state index >= 15 is 0 Å². The summed E-state index contributed by atoms with van der Waals surface area (Å²) in [5.74, 6) is -0.0495. The van der Waals surface area contributed by atoms with E-state index in [0.29, 0.717) is 13.0 Å². The molecule has 3 N–H and O–H groups in total. The predicted octanol–water partition coefficient (Wildman–Crippen LogP) is 4.04. The molecule has 23 heavy (non-hydrogen) atoms. The third-order valence-electron chi connectivity index (χ3n) is 3.87. The highest BCUT2D eigenvalue weighted by Crippen LogP contribution is 2.09. The van der Waals surface area contributed by atoms with Crippen molar-refractivity contribution in [1.82, 2.24) is 5.32 Å². The Morgan fingerprint density at radius 1 is 1.09 bits per heavy atom. The number of anilines is 1. The maximum absolute atomic E-state index is 11.5. The van der Waals surface area contributed by atoms with Crippen LogP contribution in [0.1, 0.15) is 63.9 Å². The molecule has 0 saturated carbocycles. The molecule has 1 aromatic carbocycles. The van der Waals surface area contributed by atoms with Gasteiger partial charge in [-0.15, -0.1) is 0 Å². The second-order valence-electron chi connectivity index (χ2n) is 5.97. The summed E-state index contributed by atoms with van der Waals surface area (Å²) in [7, 11) is 0. The molecule has 0 saturated heterocycles. The minimum Gasteiger partial charge on any atom is -0.466 e. The van der Waals surface area contributed by atoms with Gasteiger partial charge in [-0.2, -0.15) is 0 Å². The molecular weight excluding hydrogens is 288 g/mol. The number of hydrogen-bond acceptors (Lipinski definition) is 4. The van der Waals surface area contributed by atoms with E-state index in [1.807, 2.05) is 24.3 Å². The Kier molecular flexibility index (Phi) is 11.0. The minimum atomic E-state index is -0.0495. The summed E-state index contributed by atoms with van der Waals surface area (Å²) in [5, 5.41) is 3.39. The Morgan fingerprint density at radius 2 is 1.87 bits per heavy atom. The number of esters is 1. The first-order valence-electron chi connectivity index (χ1n) is 8.93. The van der Waals surface area contributed by atoms with E-state index in [4.69, 9.17) is 10.5 Å². The van der Waals surface area contributed by atoms with Crippen LogP contribution >= 0.6 is 0 Å². The molecule has 1 aromatic rings. The minimum absolute atomic E-state index is 0.0495. The zero-order valence-corrected chi connectivity index (χ0v) is 14.5. The van der Waals surface area contributed by atoms with E-state index in [-0.39, 0.29) is 5.97 Å². The number of hydrogen-bond donors (Lipinski definition) is 2. The van der Waals surface area contributed by atoms with Gasteiger partial charge < -0.3 is 15.8 Å². The van der Waals surface area contributed by atoms with E-state index < -0.39 is 0 Å². The number of nitrogen functional groups attached to an aromatic ring is 1. The molecule has 0 spiro atoms. The Labute approximate surface area is 140 Å². The molecule has 0 atom stereocenters. The van der Waals surface area contributed by atoms with Crippen LogP contribution in [0.25, 0.3) is 0 Å². The van der Waals surface area contributed by atoms with Gasteiger partial charge in [0.05, 0.1) is 6.61 Å². The first-order chi connectivity index (χ1) is 11.2. The summed E-state index contributed by atoms with van der Waals surface area (Å²) in [6.45, 7) is 4.50. The number of nitrogens with one attached hydrogen (secondary N) is 1. The van der Waals surface area contributed by atoms with Crippen molar-refractivity contribution in [3.8, 4) is 0 Å². The maximum atomic E-state index is 11.5. The molecule has 4 heteroatoms. The van der Waals surface area contributed by atoms with Crippen molar-refractivity contribution in [3.05, 3.63) is 29.8 Å². The lowest BCUT2D eigenvalue weighted by atomic mass is 10.1. The third-order valence-corrected chi connectivity index (χ3v) is 3.87. The van der Waals surface area contributed by atoms with Crippen LogP contribution in [0, 0.1) is 0 Å². The van der Waals surface area contributed by atoms with Crippen molar-refractivity contribution in [2.45, 2.75) is 64.8 Å². The number of unbranched alkanes of at least 4 members (excludes halogenated alkanes) is 5. The highest BCUT2D eigenvalue weighted by Gasteiger charge is 2.02. The quantitative estimate of drug-likeness (QED) is 0.327. The van der Waals surface area contributed by atoms with Gasteiger partial charge in [-0.05, 0) is 37.4 Å². The van der Waals surface area contributed by atoms with E-state index in [1.165, 1.54) is 12.8 Å². The van der Waals surface area contributed by atoms with Gasteiger partial charge in [0.15, 0.2) is 0 Å². The fourth-order valence-electron chi connectivity index (χ4n) is 2.40. The Morgan fingerprint density at radius 3 is 2.65 bits per heavy atom. The largest absolute Gasteiger partial charge is 0.466 e. The van der Waals surface area contributed by atoms with Crippen LogP contribution in [-0.2, 0) is 16.1 Å².